The summed E-state index contributed by atoms with van der Waals surface area (Å²) in [7, 11) is 1.96. The highest BCUT2D eigenvalue weighted by atomic mass is 19.4. The molecule has 0 radical (unpaired) electrons. The van der Waals surface area contributed by atoms with Crippen LogP contribution in [0.3, 0.4) is 0 Å². The number of carbonyl (C=O) groups is 2. The van der Waals surface area contributed by atoms with Crippen molar-refractivity contribution in [1.29, 1.82) is 0 Å². The molecule has 3 heterocycles. The summed E-state index contributed by atoms with van der Waals surface area (Å²) in [6.45, 7) is 2.44. The monoisotopic (exact) mass is 404 g/mol. The van der Waals surface area contributed by atoms with Gasteiger partial charge in [-0.2, -0.15) is 18.2 Å². The molecule has 2 N–H and O–H groups in total. The molecule has 0 saturated carbocycles. The van der Waals surface area contributed by atoms with Gasteiger partial charge < -0.3 is 19.1 Å². The number of alkyl halides is 3. The van der Waals surface area contributed by atoms with Crippen molar-refractivity contribution >= 4 is 18.0 Å². The first-order chi connectivity index (χ1) is 13.1. The number of anilines is 1. The minimum Gasteiger partial charge on any atom is -0.475 e. The van der Waals surface area contributed by atoms with E-state index in [0.717, 1.165) is 31.6 Å². The van der Waals surface area contributed by atoms with Crippen LogP contribution in [-0.2, 0) is 18.3 Å². The van der Waals surface area contributed by atoms with Crippen molar-refractivity contribution in [2.75, 3.05) is 11.9 Å². The standard InChI is InChI=1S/C13H18N6O2.C2HF3O2/c1-9-15-12(21-17-9)16-13(20)19-6-3-4-10(19)8-11-14-5-7-18(11)2;3-2(4,5)1(6)7/h5,7,10H,3-4,6,8H2,1-2H3,(H,15,16,17,20);(H,6,7)/t10-;/m0./s1. The Hall–Kier alpha value is -3.12. The maximum absolute atomic E-state index is 12.3. The minimum absolute atomic E-state index is 0.139. The smallest absolute Gasteiger partial charge is 0.475 e. The lowest BCUT2D eigenvalue weighted by Crippen LogP contribution is -2.40. The summed E-state index contributed by atoms with van der Waals surface area (Å²) in [6.07, 6.45) is 1.32. The van der Waals surface area contributed by atoms with Gasteiger partial charge in [-0.3, -0.25) is 5.32 Å². The predicted octanol–water partition coefficient (Wildman–Crippen LogP) is 1.98. The molecule has 0 aromatic carbocycles. The van der Waals surface area contributed by atoms with E-state index in [4.69, 9.17) is 14.4 Å². The summed E-state index contributed by atoms with van der Waals surface area (Å²) in [4.78, 5) is 31.3. The fourth-order valence-electron chi connectivity index (χ4n) is 2.63. The van der Waals surface area contributed by atoms with Gasteiger partial charge in [0.25, 0.3) is 0 Å². The summed E-state index contributed by atoms with van der Waals surface area (Å²) in [5.41, 5.74) is 0. The molecule has 1 saturated heterocycles. The summed E-state index contributed by atoms with van der Waals surface area (Å²) >= 11 is 0. The highest BCUT2D eigenvalue weighted by Crippen LogP contribution is 2.21. The lowest BCUT2D eigenvalue weighted by Gasteiger charge is -2.23. The first-order valence-corrected chi connectivity index (χ1v) is 8.22. The normalized spacial score (nSPS) is 16.5. The van der Waals surface area contributed by atoms with E-state index < -0.39 is 12.1 Å². The topological polar surface area (TPSA) is 126 Å². The molecule has 0 unspecified atom stereocenters. The van der Waals surface area contributed by atoms with E-state index >= 15 is 0 Å². The van der Waals surface area contributed by atoms with E-state index in [2.05, 4.69) is 20.4 Å². The van der Waals surface area contributed by atoms with Crippen molar-refractivity contribution in [3.63, 3.8) is 0 Å². The zero-order chi connectivity index (χ0) is 20.9. The number of carboxylic acid groups (broad SMARTS) is 1. The number of amides is 2. The van der Waals surface area contributed by atoms with Gasteiger partial charge in [0, 0.05) is 38.4 Å². The number of hydrogen-bond donors (Lipinski definition) is 2. The van der Waals surface area contributed by atoms with Crippen molar-refractivity contribution in [1.82, 2.24) is 24.6 Å². The van der Waals surface area contributed by atoms with Crippen LogP contribution in [0.5, 0.6) is 0 Å². The van der Waals surface area contributed by atoms with Gasteiger partial charge in [-0.1, -0.05) is 5.16 Å². The number of hydrogen-bond acceptors (Lipinski definition) is 6. The van der Waals surface area contributed by atoms with Gasteiger partial charge in [0.2, 0.25) is 0 Å². The van der Waals surface area contributed by atoms with Crippen molar-refractivity contribution in [2.24, 2.45) is 7.05 Å². The predicted molar refractivity (Wildman–Crippen MR) is 88.4 cm³/mol. The molecule has 2 amide bonds. The van der Waals surface area contributed by atoms with Gasteiger partial charge in [0.1, 0.15) is 5.82 Å². The van der Waals surface area contributed by atoms with E-state index in [1.807, 2.05) is 22.7 Å². The quantitative estimate of drug-likeness (QED) is 0.801. The first kappa shape index (κ1) is 21.2. The maximum Gasteiger partial charge on any atom is 0.490 e. The van der Waals surface area contributed by atoms with Crippen LogP contribution in [0, 0.1) is 6.92 Å². The van der Waals surface area contributed by atoms with Crippen LogP contribution < -0.4 is 5.32 Å². The molecule has 154 valence electrons. The molecule has 1 fully saturated rings. The van der Waals surface area contributed by atoms with E-state index in [-0.39, 0.29) is 18.1 Å². The molecule has 3 rings (SSSR count). The number of imidazole rings is 1. The number of halogens is 3. The Bertz CT molecular complexity index is 819. The van der Waals surface area contributed by atoms with Crippen LogP contribution in [-0.4, -0.2) is 60.5 Å². The number of likely N-dealkylation sites (tertiary alicyclic amines) is 1. The second kappa shape index (κ2) is 8.71. The molecular weight excluding hydrogens is 385 g/mol. The Labute approximate surface area is 157 Å². The number of urea groups is 1. The Morgan fingerprint density at radius 2 is 2.11 bits per heavy atom. The summed E-state index contributed by atoms with van der Waals surface area (Å²) < 4.78 is 38.6. The molecule has 1 atom stereocenters. The van der Waals surface area contributed by atoms with E-state index in [1.54, 1.807) is 13.1 Å². The largest absolute Gasteiger partial charge is 0.490 e. The Kier molecular flexibility index (Phi) is 6.59. The van der Waals surface area contributed by atoms with Crippen molar-refractivity contribution in [3.05, 3.63) is 24.0 Å². The van der Waals surface area contributed by atoms with Crippen LogP contribution in [0.25, 0.3) is 0 Å². The second-order valence-corrected chi connectivity index (χ2v) is 6.03. The fraction of sp³-hybridized carbons (Fsp3) is 0.533. The van der Waals surface area contributed by atoms with Crippen LogP contribution in [0.2, 0.25) is 0 Å². The Balaban J connectivity index is 0.000000345. The SMILES string of the molecule is Cc1noc(NC(=O)N2CCC[C@H]2Cc2nccn2C)n1.O=C(O)C(F)(F)F. The molecule has 2 aromatic heterocycles. The van der Waals surface area contributed by atoms with Crippen molar-refractivity contribution in [2.45, 2.75) is 38.4 Å². The lowest BCUT2D eigenvalue weighted by molar-refractivity contribution is -0.192. The van der Waals surface area contributed by atoms with Gasteiger partial charge in [-0.25, -0.2) is 14.6 Å². The van der Waals surface area contributed by atoms with Crippen molar-refractivity contribution < 1.29 is 32.4 Å². The zero-order valence-corrected chi connectivity index (χ0v) is 15.1. The maximum atomic E-state index is 12.3. The summed E-state index contributed by atoms with van der Waals surface area (Å²) in [5, 5.41) is 13.4. The summed E-state index contributed by atoms with van der Waals surface area (Å²) in [6, 6.07) is 0.0885. The van der Waals surface area contributed by atoms with Gasteiger partial charge in [-0.15, -0.1) is 0 Å². The Morgan fingerprint density at radius 1 is 1.43 bits per heavy atom. The average Bonchev–Trinajstić information content (AvgIpc) is 3.31. The van der Waals surface area contributed by atoms with E-state index in [0.29, 0.717) is 5.82 Å². The average molecular weight is 404 g/mol. The Morgan fingerprint density at radius 3 is 2.61 bits per heavy atom. The molecule has 0 aliphatic carbocycles. The molecule has 1 aliphatic heterocycles. The minimum atomic E-state index is -5.08. The number of aliphatic carboxylic acids is 1. The number of rotatable bonds is 3. The number of aryl methyl sites for hydroxylation is 2. The number of carbonyl (C=O) groups excluding carboxylic acids is 1. The molecule has 2 aromatic rings. The second-order valence-electron chi connectivity index (χ2n) is 6.03. The third kappa shape index (κ3) is 5.69. The third-order valence-electron chi connectivity index (χ3n) is 3.96. The van der Waals surface area contributed by atoms with Gasteiger partial charge >= 0.3 is 24.2 Å². The van der Waals surface area contributed by atoms with Gasteiger partial charge in [0.05, 0.1) is 0 Å². The number of nitrogens with zero attached hydrogens (tertiary/aromatic N) is 5. The van der Waals surface area contributed by atoms with Crippen LogP contribution >= 0.6 is 0 Å². The fourth-order valence-corrected chi connectivity index (χ4v) is 2.63. The molecule has 13 heteroatoms. The van der Waals surface area contributed by atoms with Crippen molar-refractivity contribution in [3.8, 4) is 0 Å². The van der Waals surface area contributed by atoms with Crippen LogP contribution in [0.15, 0.2) is 16.9 Å². The third-order valence-corrected chi connectivity index (χ3v) is 3.96. The molecule has 1 aliphatic rings. The van der Waals surface area contributed by atoms with E-state index in [9.17, 15) is 18.0 Å². The van der Waals surface area contributed by atoms with Gasteiger partial charge in [0.15, 0.2) is 5.82 Å². The van der Waals surface area contributed by atoms with Gasteiger partial charge in [-0.05, 0) is 19.8 Å². The number of nitrogens with one attached hydrogen (secondary N) is 1. The highest BCUT2D eigenvalue weighted by molar-refractivity contribution is 5.87. The zero-order valence-electron chi connectivity index (χ0n) is 15.1. The number of carboxylic acids is 1. The van der Waals surface area contributed by atoms with E-state index in [1.165, 1.54) is 0 Å². The van der Waals surface area contributed by atoms with Crippen LogP contribution in [0.1, 0.15) is 24.5 Å². The molecule has 28 heavy (non-hydrogen) atoms. The first-order valence-electron chi connectivity index (χ1n) is 8.22. The lowest BCUT2D eigenvalue weighted by atomic mass is 10.1. The van der Waals surface area contributed by atoms with Crippen LogP contribution in [0.4, 0.5) is 24.0 Å². The molecular formula is C15H19F3N6O4. The molecule has 0 bridgehead atoms. The molecule has 10 nitrogen and oxygen atoms in total. The highest BCUT2D eigenvalue weighted by Gasteiger charge is 2.38. The molecule has 0 spiro atoms. The number of aromatic nitrogens is 4. The summed E-state index contributed by atoms with van der Waals surface area (Å²) in [5.74, 6) is -1.28.